The molecular weight excluding hydrogens is 1130 g/mol. The number of nitrogens with zero attached hydrogens (tertiary/aromatic N) is 5. The number of Topliss-reactive ketones (excluding diaryl/α,β-unsaturated/α-hetero) is 1. The highest BCUT2D eigenvalue weighted by molar-refractivity contribution is 6.03. The smallest absolute Gasteiger partial charge is 0.346 e. The third-order valence-corrected chi connectivity index (χ3v) is 22.5. The number of fused-ring (bicyclic) bond motifs is 8. The van der Waals surface area contributed by atoms with E-state index in [0.717, 1.165) is 50.5 Å². The molecule has 3 unspecified atom stereocenters. The minimum Gasteiger partial charge on any atom is -0.492 e. The van der Waals surface area contributed by atoms with Gasteiger partial charge in [0.2, 0.25) is 10.9 Å². The molecule has 0 bridgehead atoms. The molecule has 4 aromatic rings. The highest BCUT2D eigenvalue weighted by atomic mass is 19.1. The van der Waals surface area contributed by atoms with Crippen LogP contribution in [0.3, 0.4) is 0 Å². The molecule has 5 saturated carbocycles. The van der Waals surface area contributed by atoms with E-state index in [9.17, 15) is 39.0 Å². The second-order valence-corrected chi connectivity index (χ2v) is 27.4. The van der Waals surface area contributed by atoms with Crippen LogP contribution >= 0.6 is 0 Å². The Hall–Kier alpha value is -6.52. The number of ketones is 2. The normalized spacial score (nSPS) is 30.3. The van der Waals surface area contributed by atoms with Crippen LogP contribution in [0.25, 0.3) is 21.8 Å². The molecule has 5 heterocycles. The number of methoxy groups -OCH3 is 2. The van der Waals surface area contributed by atoms with Gasteiger partial charge in [0.25, 0.3) is 0 Å². The predicted molar refractivity (Wildman–Crippen MR) is 325 cm³/mol. The summed E-state index contributed by atoms with van der Waals surface area (Å²) in [5, 5.41) is 27.6. The fraction of sp³-hybridized carbons (Fsp3) is 0.612. The van der Waals surface area contributed by atoms with Gasteiger partial charge in [0.1, 0.15) is 41.4 Å². The van der Waals surface area contributed by atoms with Crippen molar-refractivity contribution in [1.29, 1.82) is 0 Å². The molecule has 8 fully saturated rings. The zero-order valence-electron chi connectivity index (χ0n) is 51.9. The fourth-order valence-corrected chi connectivity index (χ4v) is 17.9. The number of hydrogen-bond donors (Lipinski definition) is 3. The van der Waals surface area contributed by atoms with Gasteiger partial charge in [0, 0.05) is 103 Å². The summed E-state index contributed by atoms with van der Waals surface area (Å²) in [5.41, 5.74) is -1.95. The molecule has 3 N–H and O–H groups in total. The van der Waals surface area contributed by atoms with E-state index in [1.54, 1.807) is 32.9 Å². The summed E-state index contributed by atoms with van der Waals surface area (Å²) in [6, 6.07) is -0.276. The lowest BCUT2D eigenvalue weighted by molar-refractivity contribution is -0.181. The van der Waals surface area contributed by atoms with Crippen molar-refractivity contribution in [3.05, 3.63) is 89.5 Å². The van der Waals surface area contributed by atoms with E-state index < -0.39 is 76.1 Å². The van der Waals surface area contributed by atoms with Gasteiger partial charge in [-0.3, -0.25) is 24.1 Å². The number of esters is 2. The number of carbonyl (C=O) groups is 4. The lowest BCUT2D eigenvalue weighted by atomic mass is 9.46. The summed E-state index contributed by atoms with van der Waals surface area (Å²) in [5.74, 6) is -3.57. The Labute approximate surface area is 509 Å². The zero-order valence-corrected chi connectivity index (χ0v) is 51.9. The number of aliphatic hydroxyl groups is 2. The Morgan fingerprint density at radius 3 is 1.97 bits per heavy atom. The van der Waals surface area contributed by atoms with E-state index in [4.69, 9.17) is 23.7 Å². The maximum absolute atomic E-state index is 17.5. The fourth-order valence-electron chi connectivity index (χ4n) is 17.9. The second kappa shape index (κ2) is 22.2. The van der Waals surface area contributed by atoms with Crippen LogP contribution in [0.4, 0.5) is 20.2 Å². The van der Waals surface area contributed by atoms with Crippen molar-refractivity contribution in [3.8, 4) is 11.5 Å². The van der Waals surface area contributed by atoms with Gasteiger partial charge in [0.05, 0.1) is 42.1 Å². The monoisotopic (exact) mass is 1220 g/mol. The molecule has 21 heteroatoms. The number of piperidine rings is 1. The SMILES string of the molecule is COc1c(N2CCNC(C)C2)c(F)c(C)c2c(=O)c(C(=O)OCN3CCCC4CN(c5c(F)c(C)c6c(=O)c(C(=O)OCOCC(=O)[C@@]7(O)CC[C@H]8[C@@H]9CCC%10=CC(=O)C=C[C@]%10(C)[C@H]9[C@@H](O)C[C@@]87C)c(C)n(C7CC7)c6c5OC)CC43)c(C)n(C3CC3)c12. The molecule has 19 nitrogen and oxygen atoms in total. The van der Waals surface area contributed by atoms with Crippen molar-refractivity contribution in [2.24, 2.45) is 34.5 Å². The molecule has 3 saturated heterocycles. The van der Waals surface area contributed by atoms with E-state index in [1.165, 1.54) is 21.1 Å². The highest BCUT2D eigenvalue weighted by Gasteiger charge is 2.68. The first-order valence-electron chi connectivity index (χ1n) is 31.7. The molecule has 13 rings (SSSR count). The number of aliphatic hydroxyl groups excluding tert-OH is 1. The Morgan fingerprint density at radius 2 is 1.38 bits per heavy atom. The summed E-state index contributed by atoms with van der Waals surface area (Å²) in [7, 11) is 2.92. The molecule has 0 radical (unpaired) electrons. The number of pyridine rings is 2. The highest BCUT2D eigenvalue weighted by Crippen LogP contribution is 2.67. The number of aryl methyl sites for hydroxylation is 2. The first kappa shape index (κ1) is 60.4. The number of halogens is 2. The Balaban J connectivity index is 0.718. The van der Waals surface area contributed by atoms with Crippen molar-refractivity contribution in [3.63, 3.8) is 0 Å². The van der Waals surface area contributed by atoms with Crippen LogP contribution in [0.2, 0.25) is 0 Å². The number of allylic oxidation sites excluding steroid dienone is 4. The maximum Gasteiger partial charge on any atom is 0.346 e. The molecule has 2 aromatic heterocycles. The molecule has 0 amide bonds. The van der Waals surface area contributed by atoms with Crippen LogP contribution in [-0.2, 0) is 23.8 Å². The Bertz CT molecular complexity index is 3830. The van der Waals surface area contributed by atoms with Gasteiger partial charge >= 0.3 is 11.9 Å². The van der Waals surface area contributed by atoms with Gasteiger partial charge < -0.3 is 58.1 Å². The number of ether oxygens (including phenoxy) is 5. The molecule has 472 valence electrons. The van der Waals surface area contributed by atoms with E-state index in [-0.39, 0.29) is 123 Å². The van der Waals surface area contributed by atoms with E-state index in [1.807, 2.05) is 43.8 Å². The lowest BCUT2D eigenvalue weighted by Crippen LogP contribution is -2.61. The van der Waals surface area contributed by atoms with Crippen molar-refractivity contribution < 1.29 is 61.9 Å². The van der Waals surface area contributed by atoms with Gasteiger partial charge in [-0.2, -0.15) is 0 Å². The van der Waals surface area contributed by atoms with Crippen molar-refractivity contribution in [2.75, 3.05) is 83.4 Å². The average molecular weight is 1220 g/mol. The molecular formula is C67H82F2N6O13. The van der Waals surface area contributed by atoms with Crippen molar-refractivity contribution >= 4 is 56.7 Å². The zero-order chi connectivity index (χ0) is 62.4. The lowest BCUT2D eigenvalue weighted by Gasteiger charge is -2.59. The van der Waals surface area contributed by atoms with E-state index in [2.05, 4.69) is 12.2 Å². The van der Waals surface area contributed by atoms with Crippen molar-refractivity contribution in [1.82, 2.24) is 19.4 Å². The summed E-state index contributed by atoms with van der Waals surface area (Å²) in [6.45, 7) is 14.0. The predicted octanol–water partition coefficient (Wildman–Crippen LogP) is 7.74. The van der Waals surface area contributed by atoms with Gasteiger partial charge in [0.15, 0.2) is 41.5 Å². The van der Waals surface area contributed by atoms with Crippen LogP contribution in [0.5, 0.6) is 11.5 Å². The quantitative estimate of drug-likeness (QED) is 0.0589. The van der Waals surface area contributed by atoms with Gasteiger partial charge in [-0.25, -0.2) is 18.4 Å². The number of rotatable bonds is 15. The first-order chi connectivity index (χ1) is 42.0. The Kier molecular flexibility index (Phi) is 15.2. The topological polar surface area (TPSA) is 221 Å². The second-order valence-electron chi connectivity index (χ2n) is 27.4. The first-order valence-corrected chi connectivity index (χ1v) is 31.7. The van der Waals surface area contributed by atoms with Crippen molar-refractivity contribution in [2.45, 2.75) is 155 Å². The largest absolute Gasteiger partial charge is 0.492 e. The van der Waals surface area contributed by atoms with E-state index >= 15 is 8.78 Å². The van der Waals surface area contributed by atoms with Gasteiger partial charge in [-0.1, -0.05) is 25.5 Å². The molecule has 6 aliphatic carbocycles. The number of likely N-dealkylation sites (tertiary alicyclic amines) is 1. The van der Waals surface area contributed by atoms with Crippen LogP contribution in [0.15, 0.2) is 33.4 Å². The summed E-state index contributed by atoms with van der Waals surface area (Å²) in [4.78, 5) is 90.5. The minimum atomic E-state index is -1.83. The van der Waals surface area contributed by atoms with Crippen LogP contribution < -0.4 is 35.4 Å². The molecule has 9 aliphatic rings. The summed E-state index contributed by atoms with van der Waals surface area (Å²) in [6.07, 6.45) is 11.3. The molecule has 3 aliphatic heterocycles. The number of piperazine rings is 1. The third-order valence-electron chi connectivity index (χ3n) is 22.5. The minimum absolute atomic E-state index is 0.00471. The number of anilines is 2. The van der Waals surface area contributed by atoms with Gasteiger partial charge in [-0.05, 0) is 135 Å². The standard InChI is InChI=1S/C67H82F2N6O13/c1-33-27-71(24-22-70-33)57-53(68)34(2)48-55(61(57)84-8)74(40-13-14-40)36(4)50(59(48)79)63(81)87-31-72-23-10-11-38-28-73(29-45(38)72)58-54(69)35(3)49-56(62(58)85-9)75(41-15-16-41)37(5)51(60(49)80)64(82)88-32-86-30-47(78)67(83)21-19-44-43-17-12-39-25-42(76)18-20-65(39,6)52(43)46(77)26-66(44,67)7/h18,20,25,33,38,40-41,43-46,52,70,77,83H,10-17,19,21-24,26-32H2,1-9H3/t33?,38?,43-,44-,45?,46-,52+,65-,66-,67-/m0/s1. The van der Waals surface area contributed by atoms with Crippen LogP contribution in [-0.4, -0.2) is 145 Å². The Morgan fingerprint density at radius 1 is 0.773 bits per heavy atom. The molecule has 88 heavy (non-hydrogen) atoms. The third kappa shape index (κ3) is 9.22. The van der Waals surface area contributed by atoms with E-state index in [0.29, 0.717) is 80.2 Å². The number of carbonyl (C=O) groups excluding carboxylic acids is 4. The molecule has 2 aromatic carbocycles. The number of nitrogens with one attached hydrogen (secondary N) is 1. The summed E-state index contributed by atoms with van der Waals surface area (Å²) >= 11 is 0. The average Bonchev–Trinajstić information content (AvgIpc) is 1.33. The number of hydrogen-bond acceptors (Lipinski definition) is 17. The van der Waals surface area contributed by atoms with Crippen LogP contribution in [0.1, 0.15) is 147 Å². The molecule has 0 spiro atoms. The molecule has 10 atom stereocenters. The van der Waals surface area contributed by atoms with Crippen LogP contribution in [0, 0.1) is 73.8 Å². The maximum atomic E-state index is 17.5. The number of aromatic nitrogens is 2. The number of benzene rings is 2. The van der Waals surface area contributed by atoms with Gasteiger partial charge in [-0.15, -0.1) is 0 Å². The summed E-state index contributed by atoms with van der Waals surface area (Å²) < 4.78 is 67.6.